The van der Waals surface area contributed by atoms with Crippen molar-refractivity contribution in [2.75, 3.05) is 18.6 Å². The summed E-state index contributed by atoms with van der Waals surface area (Å²) >= 11 is 0. The van der Waals surface area contributed by atoms with E-state index < -0.39 is 23.4 Å². The largest absolute Gasteiger partial charge is 0.496 e. The van der Waals surface area contributed by atoms with Crippen molar-refractivity contribution in [1.82, 2.24) is 9.97 Å². The maximum absolute atomic E-state index is 12.8. The Kier molecular flexibility index (Phi) is 3.39. The molecule has 0 spiro atoms. The number of anilines is 2. The number of hydrogen-bond acceptors (Lipinski definition) is 5. The van der Waals surface area contributed by atoms with E-state index >= 15 is 0 Å². The van der Waals surface area contributed by atoms with E-state index in [1.54, 1.807) is 18.2 Å². The molecule has 20 heavy (non-hydrogen) atoms. The van der Waals surface area contributed by atoms with Crippen molar-refractivity contribution in [1.29, 1.82) is 0 Å². The first kappa shape index (κ1) is 13.9. The van der Waals surface area contributed by atoms with Crippen molar-refractivity contribution in [2.24, 2.45) is 0 Å². The van der Waals surface area contributed by atoms with Gasteiger partial charge in [-0.05, 0) is 12.1 Å². The number of hydrogen-bond donors (Lipinski definition) is 2. The van der Waals surface area contributed by atoms with E-state index in [4.69, 9.17) is 16.2 Å². The first-order chi connectivity index (χ1) is 9.34. The molecule has 1 aromatic heterocycles. The molecular formula is C12H11F3N4O. The van der Waals surface area contributed by atoms with Crippen molar-refractivity contribution >= 4 is 11.5 Å². The number of rotatable bonds is 2. The quantitative estimate of drug-likeness (QED) is 0.883. The normalized spacial score (nSPS) is 11.4. The lowest BCUT2D eigenvalue weighted by atomic mass is 10.1. The molecule has 0 amide bonds. The molecule has 0 aliphatic rings. The summed E-state index contributed by atoms with van der Waals surface area (Å²) in [6.07, 6.45) is -4.71. The molecule has 106 valence electrons. The summed E-state index contributed by atoms with van der Waals surface area (Å²) < 4.78 is 43.6. The Balaban J connectivity index is 2.67. The van der Waals surface area contributed by atoms with Crippen LogP contribution in [-0.2, 0) is 6.18 Å². The lowest BCUT2D eigenvalue weighted by molar-refractivity contribution is -0.140. The number of alkyl halides is 3. The molecule has 1 aromatic carbocycles. The molecule has 0 aliphatic heterocycles. The lowest BCUT2D eigenvalue weighted by Crippen LogP contribution is -2.15. The number of nitrogens with two attached hydrogens (primary N) is 2. The Morgan fingerprint density at radius 3 is 2.35 bits per heavy atom. The molecule has 0 atom stereocenters. The highest BCUT2D eigenvalue weighted by Gasteiger charge is 2.37. The lowest BCUT2D eigenvalue weighted by Gasteiger charge is -2.13. The molecule has 2 rings (SSSR count). The zero-order chi connectivity index (χ0) is 14.9. The van der Waals surface area contributed by atoms with Gasteiger partial charge >= 0.3 is 6.18 Å². The monoisotopic (exact) mass is 284 g/mol. The van der Waals surface area contributed by atoms with Crippen LogP contribution in [0.4, 0.5) is 24.7 Å². The molecule has 0 fully saturated rings. The van der Waals surface area contributed by atoms with E-state index in [9.17, 15) is 13.2 Å². The molecule has 0 unspecified atom stereocenters. The number of para-hydroxylation sites is 1. The van der Waals surface area contributed by atoms with Crippen LogP contribution < -0.4 is 16.2 Å². The Morgan fingerprint density at radius 1 is 1.10 bits per heavy atom. The second-order valence-electron chi connectivity index (χ2n) is 3.89. The minimum absolute atomic E-state index is 0.193. The molecule has 8 heteroatoms. The molecule has 0 radical (unpaired) electrons. The van der Waals surface area contributed by atoms with Gasteiger partial charge in [0.05, 0.1) is 12.7 Å². The van der Waals surface area contributed by atoms with Crippen LogP contribution in [0.5, 0.6) is 5.75 Å². The standard InChI is InChI=1S/C12H11F3N4O/c1-20-7-5-3-2-4-6(7)11-18-9(12(13,14)15)8(16)10(17)19-11/h2-5H,16H2,1H3,(H2,17,18,19). The number of nitrogen functional groups attached to an aromatic ring is 2. The molecule has 0 bridgehead atoms. The number of benzene rings is 1. The smallest absolute Gasteiger partial charge is 0.435 e. The maximum atomic E-state index is 12.8. The summed E-state index contributed by atoms with van der Waals surface area (Å²) in [4.78, 5) is 7.25. The number of methoxy groups -OCH3 is 1. The zero-order valence-corrected chi connectivity index (χ0v) is 10.4. The van der Waals surface area contributed by atoms with Crippen LogP contribution >= 0.6 is 0 Å². The third-order valence-electron chi connectivity index (χ3n) is 2.59. The minimum atomic E-state index is -4.71. The van der Waals surface area contributed by atoms with Crippen LogP contribution in [0.2, 0.25) is 0 Å². The highest BCUT2D eigenvalue weighted by molar-refractivity contribution is 5.70. The summed E-state index contributed by atoms with van der Waals surface area (Å²) in [7, 11) is 1.39. The molecule has 5 nitrogen and oxygen atoms in total. The fourth-order valence-electron chi connectivity index (χ4n) is 1.65. The number of halogens is 3. The summed E-state index contributed by atoms with van der Waals surface area (Å²) in [5, 5.41) is 0. The van der Waals surface area contributed by atoms with Crippen molar-refractivity contribution < 1.29 is 17.9 Å². The van der Waals surface area contributed by atoms with Crippen LogP contribution in [-0.4, -0.2) is 17.1 Å². The second-order valence-corrected chi connectivity index (χ2v) is 3.89. The van der Waals surface area contributed by atoms with Gasteiger partial charge in [-0.2, -0.15) is 13.2 Å². The van der Waals surface area contributed by atoms with Gasteiger partial charge in [-0.1, -0.05) is 12.1 Å². The van der Waals surface area contributed by atoms with Gasteiger partial charge < -0.3 is 16.2 Å². The molecule has 0 saturated heterocycles. The van der Waals surface area contributed by atoms with Crippen LogP contribution in [0.3, 0.4) is 0 Å². The first-order valence-electron chi connectivity index (χ1n) is 5.48. The third kappa shape index (κ3) is 2.44. The van der Waals surface area contributed by atoms with Gasteiger partial charge in [0, 0.05) is 0 Å². The highest BCUT2D eigenvalue weighted by atomic mass is 19.4. The van der Waals surface area contributed by atoms with Gasteiger partial charge in [-0.15, -0.1) is 0 Å². The molecule has 2 aromatic rings. The zero-order valence-electron chi connectivity index (χ0n) is 10.4. The van der Waals surface area contributed by atoms with Crippen LogP contribution in [0.1, 0.15) is 5.69 Å². The Morgan fingerprint density at radius 2 is 1.75 bits per heavy atom. The molecule has 1 heterocycles. The fraction of sp³-hybridized carbons (Fsp3) is 0.167. The van der Waals surface area contributed by atoms with Crippen molar-refractivity contribution in [3.8, 4) is 17.1 Å². The number of nitrogens with zero attached hydrogens (tertiary/aromatic N) is 2. The average molecular weight is 284 g/mol. The molecular weight excluding hydrogens is 273 g/mol. The number of aromatic nitrogens is 2. The van der Waals surface area contributed by atoms with Gasteiger partial charge in [0.25, 0.3) is 0 Å². The van der Waals surface area contributed by atoms with Gasteiger partial charge in [-0.25, -0.2) is 9.97 Å². The molecule has 0 aliphatic carbocycles. The number of ether oxygens (including phenoxy) is 1. The topological polar surface area (TPSA) is 87.0 Å². The van der Waals surface area contributed by atoms with Gasteiger partial charge in [0.1, 0.15) is 11.4 Å². The summed E-state index contributed by atoms with van der Waals surface area (Å²) in [5.74, 6) is -0.278. The van der Waals surface area contributed by atoms with Gasteiger partial charge in [0.15, 0.2) is 17.3 Å². The first-order valence-corrected chi connectivity index (χ1v) is 5.48. The van der Waals surface area contributed by atoms with E-state index in [1.165, 1.54) is 13.2 Å². The van der Waals surface area contributed by atoms with Crippen molar-refractivity contribution in [2.45, 2.75) is 6.18 Å². The summed E-state index contributed by atoms with van der Waals surface area (Å²) in [6.45, 7) is 0. The van der Waals surface area contributed by atoms with E-state index in [2.05, 4.69) is 9.97 Å². The predicted octanol–water partition coefficient (Wildman–Crippen LogP) is 2.34. The van der Waals surface area contributed by atoms with Crippen LogP contribution in [0, 0.1) is 0 Å². The summed E-state index contributed by atoms with van der Waals surface area (Å²) in [5.41, 5.74) is 9.07. The highest BCUT2D eigenvalue weighted by Crippen LogP contribution is 2.36. The van der Waals surface area contributed by atoms with E-state index in [1.807, 2.05) is 0 Å². The Labute approximate surface area is 112 Å². The van der Waals surface area contributed by atoms with E-state index in [0.717, 1.165) is 0 Å². The van der Waals surface area contributed by atoms with Gasteiger partial charge in [0.2, 0.25) is 0 Å². The van der Waals surface area contributed by atoms with E-state index in [-0.39, 0.29) is 5.82 Å². The average Bonchev–Trinajstić information content (AvgIpc) is 2.40. The Bertz CT molecular complexity index is 643. The van der Waals surface area contributed by atoms with Crippen LogP contribution in [0.25, 0.3) is 11.4 Å². The third-order valence-corrected chi connectivity index (χ3v) is 2.59. The maximum Gasteiger partial charge on any atom is 0.435 e. The van der Waals surface area contributed by atoms with E-state index in [0.29, 0.717) is 11.3 Å². The fourth-order valence-corrected chi connectivity index (χ4v) is 1.65. The van der Waals surface area contributed by atoms with Gasteiger partial charge in [-0.3, -0.25) is 0 Å². The molecule has 0 saturated carbocycles. The minimum Gasteiger partial charge on any atom is -0.496 e. The van der Waals surface area contributed by atoms with Crippen LogP contribution in [0.15, 0.2) is 24.3 Å². The summed E-state index contributed by atoms with van der Waals surface area (Å²) in [6, 6.07) is 6.41. The SMILES string of the molecule is COc1ccccc1-c1nc(N)c(N)c(C(F)(F)F)n1. The van der Waals surface area contributed by atoms with Crippen molar-refractivity contribution in [3.05, 3.63) is 30.0 Å². The van der Waals surface area contributed by atoms with Crippen molar-refractivity contribution in [3.63, 3.8) is 0 Å². The predicted molar refractivity (Wildman–Crippen MR) is 67.8 cm³/mol. The second kappa shape index (κ2) is 4.87. The molecule has 4 N–H and O–H groups in total. The Hall–Kier alpha value is -2.51.